The van der Waals surface area contributed by atoms with Gasteiger partial charge in [0.25, 0.3) is 0 Å². The zero-order valence-electron chi connectivity index (χ0n) is 7.26. The molecule has 3 nitrogen and oxygen atoms in total. The van der Waals surface area contributed by atoms with E-state index in [1.54, 1.807) is 0 Å². The fourth-order valence-corrected chi connectivity index (χ4v) is 1.33. The molecule has 0 spiro atoms. The molecule has 1 amide bonds. The molecule has 1 fully saturated rings. The number of amides is 1. The van der Waals surface area contributed by atoms with Crippen LogP contribution in [-0.4, -0.2) is 19.2 Å². The van der Waals surface area contributed by atoms with E-state index in [0.29, 0.717) is 17.9 Å². The summed E-state index contributed by atoms with van der Waals surface area (Å²) in [6.45, 7) is 4.34. The number of hydrogen-bond acceptors (Lipinski definition) is 2. The van der Waals surface area contributed by atoms with Gasteiger partial charge in [-0.2, -0.15) is 0 Å². The average molecular weight is 157 g/mol. The van der Waals surface area contributed by atoms with Crippen LogP contribution >= 0.6 is 0 Å². The van der Waals surface area contributed by atoms with Crippen LogP contribution < -0.4 is 5.32 Å². The Kier molecular flexibility index (Phi) is 2.37. The molecule has 1 rings (SSSR count). The van der Waals surface area contributed by atoms with Gasteiger partial charge in [0.05, 0.1) is 7.11 Å². The zero-order valence-corrected chi connectivity index (χ0v) is 7.26. The molecular formula is C8H15NO2. The Hall–Kier alpha value is -0.730. The molecule has 0 bridgehead atoms. The number of hydrogen-bond donors (Lipinski definition) is 1. The molecule has 0 saturated heterocycles. The summed E-state index contributed by atoms with van der Waals surface area (Å²) in [5, 5.41) is 2.77. The number of ether oxygens (including phenoxy) is 1. The van der Waals surface area contributed by atoms with Crippen LogP contribution in [0.3, 0.4) is 0 Å². The van der Waals surface area contributed by atoms with E-state index in [4.69, 9.17) is 0 Å². The Morgan fingerprint density at radius 1 is 1.64 bits per heavy atom. The van der Waals surface area contributed by atoms with E-state index < -0.39 is 0 Å². The molecule has 0 radical (unpaired) electrons. The van der Waals surface area contributed by atoms with Gasteiger partial charge in [-0.1, -0.05) is 13.8 Å². The second kappa shape index (κ2) is 3.11. The quantitative estimate of drug-likeness (QED) is 0.657. The van der Waals surface area contributed by atoms with E-state index in [-0.39, 0.29) is 6.09 Å². The van der Waals surface area contributed by atoms with E-state index in [9.17, 15) is 4.79 Å². The lowest BCUT2D eigenvalue weighted by molar-refractivity contribution is 0.169. The van der Waals surface area contributed by atoms with Crippen molar-refractivity contribution in [1.82, 2.24) is 5.32 Å². The Labute approximate surface area is 67.1 Å². The largest absolute Gasteiger partial charge is 0.453 e. The molecule has 0 aromatic heterocycles. The van der Waals surface area contributed by atoms with Crippen molar-refractivity contribution in [3.8, 4) is 0 Å². The Bertz CT molecular complexity index is 156. The standard InChI is InChI=1S/C8H15NO2/c1-5(2)6-4-7(6)9-8(10)11-3/h5-7H,4H2,1-3H3,(H,9,10)/t6?,7-/m1/s1. The van der Waals surface area contributed by atoms with Crippen LogP contribution in [-0.2, 0) is 4.74 Å². The minimum Gasteiger partial charge on any atom is -0.453 e. The summed E-state index contributed by atoms with van der Waals surface area (Å²) in [4.78, 5) is 10.7. The van der Waals surface area contributed by atoms with E-state index in [2.05, 4.69) is 23.9 Å². The van der Waals surface area contributed by atoms with Gasteiger partial charge < -0.3 is 10.1 Å². The highest BCUT2D eigenvalue weighted by molar-refractivity contribution is 5.67. The third kappa shape index (κ3) is 2.10. The summed E-state index contributed by atoms with van der Waals surface area (Å²) in [6, 6.07) is 0.363. The summed E-state index contributed by atoms with van der Waals surface area (Å²) in [7, 11) is 1.39. The summed E-state index contributed by atoms with van der Waals surface area (Å²) in [5.74, 6) is 1.33. The van der Waals surface area contributed by atoms with Gasteiger partial charge in [-0.25, -0.2) is 4.79 Å². The zero-order chi connectivity index (χ0) is 8.43. The minimum absolute atomic E-state index is 0.307. The lowest BCUT2D eigenvalue weighted by Crippen LogP contribution is -2.27. The van der Waals surface area contributed by atoms with Crippen LogP contribution in [0.15, 0.2) is 0 Å². The number of rotatable bonds is 2. The maximum atomic E-state index is 10.7. The predicted molar refractivity (Wildman–Crippen MR) is 42.3 cm³/mol. The lowest BCUT2D eigenvalue weighted by Gasteiger charge is -2.04. The highest BCUT2D eigenvalue weighted by atomic mass is 16.5. The summed E-state index contributed by atoms with van der Waals surface area (Å²) in [6.07, 6.45) is 0.797. The van der Waals surface area contributed by atoms with Crippen LogP contribution in [0.1, 0.15) is 20.3 Å². The topological polar surface area (TPSA) is 38.3 Å². The number of nitrogens with one attached hydrogen (secondary N) is 1. The van der Waals surface area contributed by atoms with E-state index in [0.717, 1.165) is 6.42 Å². The van der Waals surface area contributed by atoms with Crippen molar-refractivity contribution in [3.05, 3.63) is 0 Å². The Balaban J connectivity index is 2.18. The lowest BCUT2D eigenvalue weighted by atomic mass is 10.1. The molecule has 1 N–H and O–H groups in total. The monoisotopic (exact) mass is 157 g/mol. The van der Waals surface area contributed by atoms with Crippen LogP contribution in [0, 0.1) is 11.8 Å². The van der Waals surface area contributed by atoms with Gasteiger partial charge in [0.2, 0.25) is 0 Å². The van der Waals surface area contributed by atoms with Gasteiger partial charge in [0.15, 0.2) is 0 Å². The first-order chi connectivity index (χ1) is 5.15. The van der Waals surface area contributed by atoms with Crippen molar-refractivity contribution in [3.63, 3.8) is 0 Å². The molecule has 0 aromatic rings. The third-order valence-electron chi connectivity index (χ3n) is 2.18. The number of methoxy groups -OCH3 is 1. The Morgan fingerprint density at radius 3 is 2.64 bits per heavy atom. The molecule has 2 atom stereocenters. The highest BCUT2D eigenvalue weighted by Gasteiger charge is 2.40. The Morgan fingerprint density at radius 2 is 2.27 bits per heavy atom. The molecule has 1 aliphatic rings. The predicted octanol–water partition coefficient (Wildman–Crippen LogP) is 1.39. The fraction of sp³-hybridized carbons (Fsp3) is 0.875. The van der Waals surface area contributed by atoms with Gasteiger partial charge >= 0.3 is 6.09 Å². The van der Waals surface area contributed by atoms with Gasteiger partial charge in [-0.15, -0.1) is 0 Å². The van der Waals surface area contributed by atoms with E-state index in [1.165, 1.54) is 7.11 Å². The van der Waals surface area contributed by atoms with Crippen molar-refractivity contribution < 1.29 is 9.53 Å². The molecule has 0 aromatic carbocycles. The maximum absolute atomic E-state index is 10.7. The van der Waals surface area contributed by atoms with E-state index >= 15 is 0 Å². The molecule has 1 unspecified atom stereocenters. The maximum Gasteiger partial charge on any atom is 0.407 e. The van der Waals surface area contributed by atoms with Gasteiger partial charge in [0.1, 0.15) is 0 Å². The second-order valence-electron chi connectivity index (χ2n) is 3.39. The van der Waals surface area contributed by atoms with Crippen molar-refractivity contribution in [2.45, 2.75) is 26.3 Å². The van der Waals surface area contributed by atoms with Crippen molar-refractivity contribution in [2.24, 2.45) is 11.8 Å². The second-order valence-corrected chi connectivity index (χ2v) is 3.39. The van der Waals surface area contributed by atoms with Gasteiger partial charge in [-0.3, -0.25) is 0 Å². The molecular weight excluding hydrogens is 142 g/mol. The van der Waals surface area contributed by atoms with E-state index in [1.807, 2.05) is 0 Å². The first-order valence-electron chi connectivity index (χ1n) is 3.99. The van der Waals surface area contributed by atoms with Crippen LogP contribution in [0.5, 0.6) is 0 Å². The van der Waals surface area contributed by atoms with Gasteiger partial charge in [0, 0.05) is 6.04 Å². The van der Waals surface area contributed by atoms with Crippen molar-refractivity contribution in [2.75, 3.05) is 7.11 Å². The van der Waals surface area contributed by atoms with Crippen LogP contribution in [0.2, 0.25) is 0 Å². The molecule has 3 heteroatoms. The number of carbonyl (C=O) groups excluding carboxylic acids is 1. The fourth-order valence-electron chi connectivity index (χ4n) is 1.33. The number of alkyl carbamates (subject to hydrolysis) is 1. The molecule has 0 aliphatic heterocycles. The summed E-state index contributed by atoms with van der Waals surface area (Å²) in [5.41, 5.74) is 0. The molecule has 1 aliphatic carbocycles. The van der Waals surface area contributed by atoms with Gasteiger partial charge in [-0.05, 0) is 18.3 Å². The van der Waals surface area contributed by atoms with Crippen molar-refractivity contribution in [1.29, 1.82) is 0 Å². The summed E-state index contributed by atoms with van der Waals surface area (Å²) < 4.78 is 4.48. The minimum atomic E-state index is -0.307. The molecule has 11 heavy (non-hydrogen) atoms. The first kappa shape index (κ1) is 8.37. The SMILES string of the molecule is COC(=O)N[C@@H]1CC1C(C)C. The third-order valence-corrected chi connectivity index (χ3v) is 2.18. The van der Waals surface area contributed by atoms with Crippen molar-refractivity contribution >= 4 is 6.09 Å². The smallest absolute Gasteiger partial charge is 0.407 e. The molecule has 1 saturated carbocycles. The molecule has 64 valence electrons. The summed E-state index contributed by atoms with van der Waals surface area (Å²) >= 11 is 0. The molecule has 0 heterocycles. The normalized spacial score (nSPS) is 28.4. The average Bonchev–Trinajstić information content (AvgIpc) is 2.67. The number of carbonyl (C=O) groups is 1. The first-order valence-corrected chi connectivity index (χ1v) is 3.99. The highest BCUT2D eigenvalue weighted by Crippen LogP contribution is 2.36. The van der Waals surface area contributed by atoms with Crippen LogP contribution in [0.4, 0.5) is 4.79 Å². The van der Waals surface area contributed by atoms with Crippen LogP contribution in [0.25, 0.3) is 0 Å².